The summed E-state index contributed by atoms with van der Waals surface area (Å²) in [6.45, 7) is 2.26. The molecule has 0 aliphatic heterocycles. The molecule has 0 aliphatic rings. The van der Waals surface area contributed by atoms with Crippen molar-refractivity contribution >= 4 is 16.8 Å². The fraction of sp³-hybridized carbons (Fsp3) is 0.375. The van der Waals surface area contributed by atoms with Gasteiger partial charge < -0.3 is 15.2 Å². The molecule has 1 amide bonds. The highest BCUT2D eigenvalue weighted by molar-refractivity contribution is 5.94. The van der Waals surface area contributed by atoms with Crippen molar-refractivity contribution in [1.29, 1.82) is 0 Å². The van der Waals surface area contributed by atoms with Crippen LogP contribution in [-0.4, -0.2) is 41.9 Å². The van der Waals surface area contributed by atoms with E-state index in [0.717, 1.165) is 10.9 Å². The van der Waals surface area contributed by atoms with E-state index in [2.05, 4.69) is 10.3 Å². The number of amides is 1. The lowest BCUT2D eigenvalue weighted by atomic mass is 10.0. The summed E-state index contributed by atoms with van der Waals surface area (Å²) in [4.78, 5) is 16.4. The van der Waals surface area contributed by atoms with Gasteiger partial charge in [0.25, 0.3) is 5.91 Å². The number of hydrogen-bond donors (Lipinski definition) is 2. The van der Waals surface area contributed by atoms with E-state index in [1.165, 1.54) is 0 Å². The summed E-state index contributed by atoms with van der Waals surface area (Å²) in [5.41, 5.74) is 0.121. The molecule has 0 bridgehead atoms. The zero-order valence-corrected chi connectivity index (χ0v) is 12.3. The van der Waals surface area contributed by atoms with Gasteiger partial charge in [0, 0.05) is 32.1 Å². The number of methoxy groups -OCH3 is 1. The van der Waals surface area contributed by atoms with Crippen LogP contribution in [0.15, 0.2) is 36.4 Å². The average molecular weight is 288 g/mol. The van der Waals surface area contributed by atoms with Crippen LogP contribution in [0.3, 0.4) is 0 Å². The molecule has 2 rings (SSSR count). The lowest BCUT2D eigenvalue weighted by Gasteiger charge is -2.23. The third-order valence-corrected chi connectivity index (χ3v) is 3.31. The Balaban J connectivity index is 2.02. The largest absolute Gasteiger partial charge is 0.388 e. The Morgan fingerprint density at radius 2 is 2.10 bits per heavy atom. The van der Waals surface area contributed by atoms with E-state index in [4.69, 9.17) is 4.74 Å². The van der Waals surface area contributed by atoms with Gasteiger partial charge in [-0.2, -0.15) is 0 Å². The molecule has 0 radical (unpaired) electrons. The molecule has 1 atom stereocenters. The number of carbonyl (C=O) groups excluding carboxylic acids is 1. The highest BCUT2D eigenvalue weighted by Gasteiger charge is 2.21. The Morgan fingerprint density at radius 3 is 2.86 bits per heavy atom. The topological polar surface area (TPSA) is 71.5 Å². The fourth-order valence-corrected chi connectivity index (χ4v) is 1.96. The number of hydrogen-bond acceptors (Lipinski definition) is 4. The van der Waals surface area contributed by atoms with Crippen molar-refractivity contribution < 1.29 is 14.6 Å². The minimum atomic E-state index is -0.998. The highest BCUT2D eigenvalue weighted by atomic mass is 16.5. The zero-order valence-electron chi connectivity index (χ0n) is 12.3. The Morgan fingerprint density at radius 1 is 1.33 bits per heavy atom. The molecule has 1 heterocycles. The molecule has 0 saturated heterocycles. The maximum absolute atomic E-state index is 12.1. The lowest BCUT2D eigenvalue weighted by Crippen LogP contribution is -2.41. The molecule has 1 aromatic heterocycles. The maximum atomic E-state index is 12.1. The Bertz CT molecular complexity index is 626. The average Bonchev–Trinajstić information content (AvgIpc) is 2.50. The van der Waals surface area contributed by atoms with E-state index >= 15 is 0 Å². The first kappa shape index (κ1) is 15.4. The van der Waals surface area contributed by atoms with Crippen molar-refractivity contribution in [3.8, 4) is 0 Å². The molecule has 0 spiro atoms. The molecular formula is C16H20N2O3. The van der Waals surface area contributed by atoms with Gasteiger partial charge in [-0.1, -0.05) is 24.3 Å². The number of pyridine rings is 1. The summed E-state index contributed by atoms with van der Waals surface area (Å²) in [5, 5.41) is 13.8. The summed E-state index contributed by atoms with van der Waals surface area (Å²) >= 11 is 0. The first-order valence-corrected chi connectivity index (χ1v) is 6.87. The van der Waals surface area contributed by atoms with Gasteiger partial charge in [-0.25, -0.2) is 4.98 Å². The smallest absolute Gasteiger partial charge is 0.270 e. The van der Waals surface area contributed by atoms with Gasteiger partial charge in [-0.3, -0.25) is 4.79 Å². The van der Waals surface area contributed by atoms with Crippen molar-refractivity contribution in [2.45, 2.75) is 18.9 Å². The summed E-state index contributed by atoms with van der Waals surface area (Å²) in [6.07, 6.45) is 0.453. The predicted molar refractivity (Wildman–Crippen MR) is 81.2 cm³/mol. The molecule has 1 aromatic carbocycles. The number of benzene rings is 1. The molecule has 2 N–H and O–H groups in total. The van der Waals surface area contributed by atoms with Gasteiger partial charge >= 0.3 is 0 Å². The zero-order chi connectivity index (χ0) is 15.3. The number of carbonyl (C=O) groups is 1. The number of ether oxygens (including phenoxy) is 1. The second kappa shape index (κ2) is 6.65. The summed E-state index contributed by atoms with van der Waals surface area (Å²) in [5.74, 6) is -0.293. The summed E-state index contributed by atoms with van der Waals surface area (Å²) < 4.78 is 4.93. The van der Waals surface area contributed by atoms with E-state index < -0.39 is 5.60 Å². The van der Waals surface area contributed by atoms with Crippen molar-refractivity contribution in [3.63, 3.8) is 0 Å². The lowest BCUT2D eigenvalue weighted by molar-refractivity contribution is 0.0243. The van der Waals surface area contributed by atoms with Gasteiger partial charge in [0.15, 0.2) is 0 Å². The van der Waals surface area contributed by atoms with Crippen molar-refractivity contribution in [2.75, 3.05) is 20.3 Å². The van der Waals surface area contributed by atoms with E-state index in [1.54, 1.807) is 20.1 Å². The summed E-state index contributed by atoms with van der Waals surface area (Å²) in [7, 11) is 1.58. The molecule has 0 saturated carbocycles. The minimum absolute atomic E-state index is 0.156. The van der Waals surface area contributed by atoms with Crippen molar-refractivity contribution in [1.82, 2.24) is 10.3 Å². The molecule has 5 nitrogen and oxygen atoms in total. The number of aliphatic hydroxyl groups is 1. The quantitative estimate of drug-likeness (QED) is 0.849. The van der Waals surface area contributed by atoms with E-state index in [1.807, 2.05) is 30.3 Å². The Kier molecular flexibility index (Phi) is 4.88. The standard InChI is InChI=1S/C16H20N2O3/c1-16(20,9-10-21-2)11-17-15(19)14-8-7-12-5-3-4-6-13(12)18-14/h3-8,20H,9-11H2,1-2H3,(H,17,19). The first-order chi connectivity index (χ1) is 10.0. The van der Waals surface area contributed by atoms with Gasteiger partial charge in [0.05, 0.1) is 11.1 Å². The molecule has 0 fully saturated rings. The molecule has 0 aliphatic carbocycles. The van der Waals surface area contributed by atoms with Crippen LogP contribution in [-0.2, 0) is 4.74 Å². The molecule has 112 valence electrons. The van der Waals surface area contributed by atoms with Crippen molar-refractivity contribution in [2.24, 2.45) is 0 Å². The fourth-order valence-electron chi connectivity index (χ4n) is 1.96. The van der Waals surface area contributed by atoms with E-state index in [0.29, 0.717) is 18.7 Å². The molecule has 5 heteroatoms. The minimum Gasteiger partial charge on any atom is -0.388 e. The predicted octanol–water partition coefficient (Wildman–Crippen LogP) is 1.75. The van der Waals surface area contributed by atoms with Crippen LogP contribution in [0.2, 0.25) is 0 Å². The second-order valence-electron chi connectivity index (χ2n) is 5.31. The number of nitrogens with zero attached hydrogens (tertiary/aromatic N) is 1. The highest BCUT2D eigenvalue weighted by Crippen LogP contribution is 2.12. The van der Waals surface area contributed by atoms with Crippen LogP contribution in [0.4, 0.5) is 0 Å². The van der Waals surface area contributed by atoms with Crippen LogP contribution < -0.4 is 5.32 Å². The third kappa shape index (κ3) is 4.24. The van der Waals surface area contributed by atoms with Crippen LogP contribution in [0.5, 0.6) is 0 Å². The van der Waals surface area contributed by atoms with Crippen LogP contribution >= 0.6 is 0 Å². The number of rotatable bonds is 6. The Hall–Kier alpha value is -1.98. The normalized spacial score (nSPS) is 13.9. The molecule has 21 heavy (non-hydrogen) atoms. The molecular weight excluding hydrogens is 268 g/mol. The molecule has 1 unspecified atom stereocenters. The van der Waals surface area contributed by atoms with Crippen LogP contribution in [0, 0.1) is 0 Å². The van der Waals surface area contributed by atoms with Crippen LogP contribution in [0.1, 0.15) is 23.8 Å². The van der Waals surface area contributed by atoms with Gasteiger partial charge in [0.2, 0.25) is 0 Å². The SMILES string of the molecule is COCCC(C)(O)CNC(=O)c1ccc2ccccc2n1. The van der Waals surface area contributed by atoms with E-state index in [-0.39, 0.29) is 12.5 Å². The second-order valence-corrected chi connectivity index (χ2v) is 5.31. The van der Waals surface area contributed by atoms with Gasteiger partial charge in [-0.05, 0) is 19.1 Å². The van der Waals surface area contributed by atoms with Crippen molar-refractivity contribution in [3.05, 3.63) is 42.1 Å². The van der Waals surface area contributed by atoms with Crippen LogP contribution in [0.25, 0.3) is 10.9 Å². The van der Waals surface area contributed by atoms with Gasteiger partial charge in [-0.15, -0.1) is 0 Å². The van der Waals surface area contributed by atoms with Gasteiger partial charge in [0.1, 0.15) is 5.69 Å². The van der Waals surface area contributed by atoms with E-state index in [9.17, 15) is 9.90 Å². The third-order valence-electron chi connectivity index (χ3n) is 3.31. The Labute approximate surface area is 124 Å². The molecule has 2 aromatic rings. The number of fused-ring (bicyclic) bond motifs is 1. The first-order valence-electron chi connectivity index (χ1n) is 6.87. The number of para-hydroxylation sites is 1. The monoisotopic (exact) mass is 288 g/mol. The number of nitrogens with one attached hydrogen (secondary N) is 1. The summed E-state index contributed by atoms with van der Waals surface area (Å²) in [6, 6.07) is 11.2. The number of aromatic nitrogens is 1. The maximum Gasteiger partial charge on any atom is 0.270 e.